The molecule has 3 N–H and O–H groups in total. The van der Waals surface area contributed by atoms with Gasteiger partial charge in [0.1, 0.15) is 11.0 Å². The fourth-order valence-corrected chi connectivity index (χ4v) is 1.46. The average molecular weight is 198 g/mol. The Labute approximate surface area is 80.9 Å². The van der Waals surface area contributed by atoms with Crippen LogP contribution in [0.4, 0.5) is 5.69 Å². The maximum absolute atomic E-state index is 11.1. The van der Waals surface area contributed by atoms with Crippen LogP contribution in [0.2, 0.25) is 0 Å². The molecule has 0 bridgehead atoms. The Morgan fingerprint density at radius 2 is 2.00 bits per heavy atom. The SMILES string of the molecule is CCS(=O)Nc1ccc(CN)cc1. The maximum atomic E-state index is 11.1. The van der Waals surface area contributed by atoms with E-state index in [1.807, 2.05) is 31.2 Å². The van der Waals surface area contributed by atoms with Gasteiger partial charge in [0.05, 0.1) is 0 Å². The van der Waals surface area contributed by atoms with Crippen LogP contribution in [-0.2, 0) is 17.5 Å². The third kappa shape index (κ3) is 3.16. The van der Waals surface area contributed by atoms with Crippen LogP contribution in [-0.4, -0.2) is 9.96 Å². The number of hydrogen-bond donors (Lipinski definition) is 2. The van der Waals surface area contributed by atoms with Gasteiger partial charge in [-0.25, -0.2) is 4.21 Å². The molecule has 1 aromatic rings. The molecule has 0 aliphatic carbocycles. The first-order valence-corrected chi connectivity index (χ1v) is 5.52. The molecule has 0 spiro atoms. The van der Waals surface area contributed by atoms with Gasteiger partial charge in [0, 0.05) is 18.0 Å². The van der Waals surface area contributed by atoms with Crippen molar-refractivity contribution in [1.82, 2.24) is 0 Å². The number of nitrogens with one attached hydrogen (secondary N) is 1. The van der Waals surface area contributed by atoms with Crippen LogP contribution in [0.15, 0.2) is 24.3 Å². The Morgan fingerprint density at radius 1 is 1.38 bits per heavy atom. The lowest BCUT2D eigenvalue weighted by atomic mass is 10.2. The van der Waals surface area contributed by atoms with E-state index in [9.17, 15) is 4.21 Å². The van der Waals surface area contributed by atoms with E-state index >= 15 is 0 Å². The third-order valence-electron chi connectivity index (χ3n) is 1.68. The molecule has 1 unspecified atom stereocenters. The van der Waals surface area contributed by atoms with E-state index in [1.165, 1.54) is 0 Å². The minimum absolute atomic E-state index is 0.539. The zero-order valence-electron chi connectivity index (χ0n) is 7.62. The van der Waals surface area contributed by atoms with E-state index < -0.39 is 11.0 Å². The van der Waals surface area contributed by atoms with Crippen LogP contribution < -0.4 is 10.5 Å². The summed E-state index contributed by atoms with van der Waals surface area (Å²) < 4.78 is 14.0. The molecule has 0 amide bonds. The highest BCUT2D eigenvalue weighted by Crippen LogP contribution is 2.09. The van der Waals surface area contributed by atoms with Crippen molar-refractivity contribution in [2.75, 3.05) is 10.5 Å². The van der Waals surface area contributed by atoms with Crippen LogP contribution >= 0.6 is 0 Å². The zero-order chi connectivity index (χ0) is 9.68. The quantitative estimate of drug-likeness (QED) is 0.764. The molecule has 0 aliphatic heterocycles. The summed E-state index contributed by atoms with van der Waals surface area (Å²) in [5.74, 6) is 0.610. The Balaban J connectivity index is 2.64. The highest BCUT2D eigenvalue weighted by molar-refractivity contribution is 7.86. The van der Waals surface area contributed by atoms with E-state index in [4.69, 9.17) is 5.73 Å². The largest absolute Gasteiger partial charge is 0.326 e. The van der Waals surface area contributed by atoms with Gasteiger partial charge < -0.3 is 10.5 Å². The van der Waals surface area contributed by atoms with Crippen molar-refractivity contribution in [2.24, 2.45) is 5.73 Å². The Kier molecular flexibility index (Phi) is 3.92. The van der Waals surface area contributed by atoms with Crippen LogP contribution in [0.1, 0.15) is 12.5 Å². The van der Waals surface area contributed by atoms with Gasteiger partial charge in [-0.3, -0.25) is 0 Å². The number of hydrogen-bond acceptors (Lipinski definition) is 2. The van der Waals surface area contributed by atoms with Crippen LogP contribution in [0.25, 0.3) is 0 Å². The average Bonchev–Trinajstić information content (AvgIpc) is 2.19. The molecule has 72 valence electrons. The van der Waals surface area contributed by atoms with Gasteiger partial charge in [0.25, 0.3) is 0 Å². The predicted molar refractivity (Wildman–Crippen MR) is 56.6 cm³/mol. The molecular weight excluding hydrogens is 184 g/mol. The fourth-order valence-electron chi connectivity index (χ4n) is 0.912. The molecule has 0 saturated heterocycles. The van der Waals surface area contributed by atoms with E-state index in [2.05, 4.69) is 4.72 Å². The van der Waals surface area contributed by atoms with Crippen molar-refractivity contribution in [1.29, 1.82) is 0 Å². The summed E-state index contributed by atoms with van der Waals surface area (Å²) in [4.78, 5) is 0. The van der Waals surface area contributed by atoms with Crippen molar-refractivity contribution in [3.63, 3.8) is 0 Å². The number of benzene rings is 1. The topological polar surface area (TPSA) is 55.1 Å². The first-order chi connectivity index (χ1) is 6.26. The monoisotopic (exact) mass is 198 g/mol. The lowest BCUT2D eigenvalue weighted by molar-refractivity contribution is 0.687. The zero-order valence-corrected chi connectivity index (χ0v) is 8.43. The fraction of sp³-hybridized carbons (Fsp3) is 0.333. The summed E-state index contributed by atoms with van der Waals surface area (Å²) in [5, 5.41) is 0. The molecule has 0 aliphatic rings. The Bertz CT molecular complexity index is 284. The van der Waals surface area contributed by atoms with Crippen molar-refractivity contribution >= 4 is 16.7 Å². The van der Waals surface area contributed by atoms with Gasteiger partial charge in [-0.15, -0.1) is 0 Å². The molecule has 1 aromatic carbocycles. The van der Waals surface area contributed by atoms with Crippen molar-refractivity contribution in [3.05, 3.63) is 29.8 Å². The summed E-state index contributed by atoms with van der Waals surface area (Å²) in [6.07, 6.45) is 0. The van der Waals surface area contributed by atoms with Gasteiger partial charge in [0.15, 0.2) is 0 Å². The van der Waals surface area contributed by atoms with Crippen molar-refractivity contribution in [2.45, 2.75) is 13.5 Å². The Morgan fingerprint density at radius 3 is 2.46 bits per heavy atom. The second kappa shape index (κ2) is 4.99. The Hall–Kier alpha value is -0.870. The molecule has 3 nitrogen and oxygen atoms in total. The molecule has 0 heterocycles. The molecule has 4 heteroatoms. The van der Waals surface area contributed by atoms with Gasteiger partial charge in [0.2, 0.25) is 0 Å². The van der Waals surface area contributed by atoms with E-state index in [-0.39, 0.29) is 0 Å². The van der Waals surface area contributed by atoms with Crippen LogP contribution in [0.5, 0.6) is 0 Å². The first kappa shape index (κ1) is 10.2. The lowest BCUT2D eigenvalue weighted by Crippen LogP contribution is -2.06. The van der Waals surface area contributed by atoms with Gasteiger partial charge in [-0.05, 0) is 17.7 Å². The van der Waals surface area contributed by atoms with Crippen molar-refractivity contribution in [3.8, 4) is 0 Å². The molecular formula is C9H14N2OS. The normalized spacial score (nSPS) is 12.5. The summed E-state index contributed by atoms with van der Waals surface area (Å²) in [6.45, 7) is 2.41. The molecule has 0 saturated carbocycles. The second-order valence-electron chi connectivity index (χ2n) is 2.64. The smallest absolute Gasteiger partial charge is 0.116 e. The second-order valence-corrected chi connectivity index (χ2v) is 4.11. The summed E-state index contributed by atoms with van der Waals surface area (Å²) in [6, 6.07) is 7.62. The van der Waals surface area contributed by atoms with Gasteiger partial charge in [-0.2, -0.15) is 0 Å². The minimum Gasteiger partial charge on any atom is -0.326 e. The van der Waals surface area contributed by atoms with Crippen LogP contribution in [0, 0.1) is 0 Å². The number of nitrogens with two attached hydrogens (primary N) is 1. The molecule has 13 heavy (non-hydrogen) atoms. The highest BCUT2D eigenvalue weighted by atomic mass is 32.2. The van der Waals surface area contributed by atoms with E-state index in [0.717, 1.165) is 11.3 Å². The summed E-state index contributed by atoms with van der Waals surface area (Å²) in [5.41, 5.74) is 7.40. The first-order valence-electron chi connectivity index (χ1n) is 4.20. The predicted octanol–water partition coefficient (Wildman–Crippen LogP) is 1.24. The summed E-state index contributed by atoms with van der Waals surface area (Å²) >= 11 is 0. The van der Waals surface area contributed by atoms with Gasteiger partial charge in [-0.1, -0.05) is 19.1 Å². The minimum atomic E-state index is -0.968. The lowest BCUT2D eigenvalue weighted by Gasteiger charge is -2.04. The van der Waals surface area contributed by atoms with Crippen molar-refractivity contribution < 1.29 is 4.21 Å². The molecule has 1 rings (SSSR count). The maximum Gasteiger partial charge on any atom is 0.116 e. The molecule has 1 atom stereocenters. The summed E-state index contributed by atoms with van der Waals surface area (Å²) in [7, 11) is -0.968. The molecule has 0 aromatic heterocycles. The standard InChI is InChI=1S/C9H14N2OS/c1-2-13(12)11-9-5-3-8(7-10)4-6-9/h3-6,11H,2,7,10H2,1H3. The van der Waals surface area contributed by atoms with E-state index in [0.29, 0.717) is 12.3 Å². The number of rotatable bonds is 4. The number of anilines is 1. The van der Waals surface area contributed by atoms with Crippen LogP contribution in [0.3, 0.4) is 0 Å². The highest BCUT2D eigenvalue weighted by Gasteiger charge is 1.96. The van der Waals surface area contributed by atoms with Gasteiger partial charge >= 0.3 is 0 Å². The molecule has 0 fully saturated rings. The third-order valence-corrected chi connectivity index (χ3v) is 2.67. The van der Waals surface area contributed by atoms with E-state index in [1.54, 1.807) is 0 Å². The molecule has 0 radical (unpaired) electrons.